The molecule has 70 valence electrons. The van der Waals surface area contributed by atoms with Crippen molar-refractivity contribution < 1.29 is 44.3 Å². The predicted molar refractivity (Wildman–Crippen MR) is 35.3 cm³/mol. The second kappa shape index (κ2) is 41900. The van der Waals surface area contributed by atoms with E-state index in [1.165, 1.54) is 0 Å². The van der Waals surface area contributed by atoms with Gasteiger partial charge in [-0.2, -0.15) is 0 Å². The molecule has 0 aromatic heterocycles. The molecule has 5 nitrogen and oxygen atoms in total. The van der Waals surface area contributed by atoms with Gasteiger partial charge in [0.2, 0.25) is 0 Å². The summed E-state index contributed by atoms with van der Waals surface area (Å²) >= 11 is 0. The summed E-state index contributed by atoms with van der Waals surface area (Å²) in [6.45, 7) is 24.4. The molecule has 7 heteroatoms. The van der Waals surface area contributed by atoms with E-state index in [2.05, 4.69) is 42.5 Å². The molecule has 0 aliphatic carbocycles. The first-order chi connectivity index (χ1) is 6.00. The van der Waals surface area contributed by atoms with Crippen molar-refractivity contribution >= 4 is 9.24 Å². The van der Waals surface area contributed by atoms with Crippen LogP contribution in [-0.4, -0.2) is 6.66 Å². The first kappa shape index (κ1) is 52.9. The van der Waals surface area contributed by atoms with Gasteiger partial charge in [0.15, 0.2) is 0 Å². The maximum Gasteiger partial charge on any atom is 0 e. The van der Waals surface area contributed by atoms with Crippen LogP contribution in [-0.2, 0) is 44.3 Å². The minimum atomic E-state index is 0. The Morgan fingerprint density at radius 2 is 0.538 bits per heavy atom. The quantitative estimate of drug-likeness (QED) is 0.264. The van der Waals surface area contributed by atoms with Crippen LogP contribution in [0.3, 0.4) is 0 Å². The summed E-state index contributed by atoms with van der Waals surface area (Å²) in [7, 11) is 2.42. The van der Waals surface area contributed by atoms with Crippen molar-refractivity contribution in [1.29, 1.82) is 0 Å². The molecule has 0 saturated carbocycles. The smallest absolute Gasteiger partial charge is 0 e. The fraction of sp³-hybridized carbons (Fsp3) is 0.167. The van der Waals surface area contributed by atoms with Gasteiger partial charge in [0.25, 0.3) is 0 Å². The molecule has 0 aromatic rings. The third-order valence-corrected chi connectivity index (χ3v) is 0. The molecule has 0 amide bonds. The summed E-state index contributed by atoms with van der Waals surface area (Å²) in [6, 6.07) is 0. The molecular weight excluding hydrogens is 279 g/mol. The van der Waals surface area contributed by atoms with Crippen molar-refractivity contribution in [2.45, 2.75) is 0 Å². The molecule has 0 rings (SSSR count). The Labute approximate surface area is 93.7 Å². The Balaban J connectivity index is -0.00000000655. The topological polar surface area (TPSA) is 99.5 Å². The van der Waals surface area contributed by atoms with Crippen LogP contribution in [0.15, 0.2) is 0 Å². The zero-order chi connectivity index (χ0) is 12.0. The summed E-state index contributed by atoms with van der Waals surface area (Å²) < 4.78 is 37.5. The van der Waals surface area contributed by atoms with Crippen molar-refractivity contribution in [3.05, 3.63) is 33.3 Å². The standard InChI is InChI=1S/5CO.CH5P.Mo/c6*1-2;/h;;;;;2H2,1H3;. The minimum Gasteiger partial charge on any atom is 0 e. The Kier molecular flexibility index (Phi) is 170000. The summed E-state index contributed by atoms with van der Waals surface area (Å²) in [5.41, 5.74) is 0. The van der Waals surface area contributed by atoms with E-state index in [-0.39, 0.29) is 21.1 Å². The van der Waals surface area contributed by atoms with Crippen LogP contribution < -0.4 is 0 Å². The van der Waals surface area contributed by atoms with Gasteiger partial charge in [-0.3, -0.25) is 0 Å². The monoisotopic (exact) mass is 286 g/mol. The van der Waals surface area contributed by atoms with Crippen LogP contribution >= 0.6 is 9.24 Å². The normalized spacial score (nSPS) is 1.23. The maximum absolute atomic E-state index is 7.50. The molecule has 0 spiro atoms. The molecule has 13 heavy (non-hydrogen) atoms. The first-order valence-corrected chi connectivity index (χ1v) is 2.75. The average Bonchev–Trinajstić information content (AvgIpc) is 2.33. The van der Waals surface area contributed by atoms with Crippen molar-refractivity contribution in [1.82, 2.24) is 0 Å². The van der Waals surface area contributed by atoms with Crippen molar-refractivity contribution in [3.8, 4) is 0 Å². The first-order valence-electron chi connectivity index (χ1n) is 1.60. The molecule has 0 heterocycles. The molecule has 0 aliphatic rings. The van der Waals surface area contributed by atoms with Gasteiger partial charge in [-0.1, -0.05) is 6.66 Å². The van der Waals surface area contributed by atoms with Crippen molar-refractivity contribution in [2.24, 2.45) is 0 Å². The van der Waals surface area contributed by atoms with Crippen LogP contribution in [0.5, 0.6) is 0 Å². The summed E-state index contributed by atoms with van der Waals surface area (Å²) in [6.07, 6.45) is 0. The number of hydrogen-bond acceptors (Lipinski definition) is 0. The zero-order valence-electron chi connectivity index (χ0n) is 6.53. The van der Waals surface area contributed by atoms with Crippen LogP contribution in [0.2, 0.25) is 0 Å². The molecule has 0 aliphatic heterocycles. The summed E-state index contributed by atoms with van der Waals surface area (Å²) in [4.78, 5) is 0. The van der Waals surface area contributed by atoms with Crippen LogP contribution in [0.25, 0.3) is 0 Å². The van der Waals surface area contributed by atoms with E-state index < -0.39 is 0 Å². The van der Waals surface area contributed by atoms with Gasteiger partial charge < -0.3 is 0 Å². The molecule has 0 radical (unpaired) electrons. The van der Waals surface area contributed by atoms with E-state index in [1.54, 1.807) is 0 Å². The fourth-order valence-corrected chi connectivity index (χ4v) is 0. The Hall–Kier alpha value is -0.182. The Morgan fingerprint density at radius 3 is 0.538 bits per heavy atom. The van der Waals surface area contributed by atoms with Gasteiger partial charge in [-0.05, 0) is 0 Å². The molecule has 1 atom stereocenters. The van der Waals surface area contributed by atoms with Gasteiger partial charge in [-0.25, -0.2) is 0 Å². The molecule has 1 unspecified atom stereocenters. The van der Waals surface area contributed by atoms with Crippen molar-refractivity contribution in [2.75, 3.05) is 6.66 Å². The van der Waals surface area contributed by atoms with E-state index in [9.17, 15) is 0 Å². The van der Waals surface area contributed by atoms with Crippen LogP contribution in [0.4, 0.5) is 0 Å². The van der Waals surface area contributed by atoms with Gasteiger partial charge in [0, 0.05) is 21.1 Å². The molecule has 0 aromatic carbocycles. The molecular formula is C6H5MoO5P. The van der Waals surface area contributed by atoms with Crippen LogP contribution in [0.1, 0.15) is 0 Å². The van der Waals surface area contributed by atoms with E-state index in [0.717, 1.165) is 0 Å². The van der Waals surface area contributed by atoms with Gasteiger partial charge >= 0.3 is 56.5 Å². The molecule has 0 fully saturated rings. The largest absolute Gasteiger partial charge is 0 e. The zero-order valence-corrected chi connectivity index (χ0v) is 9.69. The second-order valence-electron chi connectivity index (χ2n) is 0. The van der Waals surface area contributed by atoms with E-state index in [4.69, 9.17) is 23.3 Å². The summed E-state index contributed by atoms with van der Waals surface area (Å²) in [5.74, 6) is 0. The number of rotatable bonds is 0. The van der Waals surface area contributed by atoms with Crippen LogP contribution in [0, 0.1) is 33.3 Å². The minimum absolute atomic E-state index is 0. The molecule has 0 saturated heterocycles. The second-order valence-corrected chi connectivity index (χ2v) is 0. The third-order valence-electron chi connectivity index (χ3n) is 0. The SMILES string of the molecule is CP.[C-]#[O+].[C-]#[O+].[C-]#[O+].[C-]#[O+].[C-]#[O+].[Mo]. The number of hydrogen-bond donors (Lipinski definition) is 0. The third kappa shape index (κ3) is 34500. The van der Waals surface area contributed by atoms with Gasteiger partial charge in [0.1, 0.15) is 0 Å². The van der Waals surface area contributed by atoms with E-state index in [0.29, 0.717) is 0 Å². The van der Waals surface area contributed by atoms with Gasteiger partial charge in [-0.15, -0.1) is 9.24 Å². The summed E-state index contributed by atoms with van der Waals surface area (Å²) in [5, 5.41) is 0. The molecule has 0 N–H and O–H groups in total. The predicted octanol–water partition coefficient (Wildman–Crippen LogP) is 0.301. The maximum atomic E-state index is 7.50. The average molecular weight is 284 g/mol. The molecule has 0 bridgehead atoms. The van der Waals surface area contributed by atoms with Crippen molar-refractivity contribution in [3.63, 3.8) is 0 Å². The van der Waals surface area contributed by atoms with E-state index in [1.807, 2.05) is 6.66 Å². The fourth-order valence-electron chi connectivity index (χ4n) is 0. The Morgan fingerprint density at radius 1 is 0.538 bits per heavy atom. The van der Waals surface area contributed by atoms with Gasteiger partial charge in [0.05, 0.1) is 0 Å². The Bertz CT molecular complexity index is 79.6. The van der Waals surface area contributed by atoms with E-state index >= 15 is 0 Å².